The quantitative estimate of drug-likeness (QED) is 0.898. The molecule has 0 radical (unpaired) electrons. The molecule has 0 aromatic heterocycles. The molecule has 104 valence electrons. The normalized spacial score (nSPS) is 10.3. The first-order valence-electron chi connectivity index (χ1n) is 6.42. The van der Waals surface area contributed by atoms with E-state index in [9.17, 15) is 9.18 Å². The summed E-state index contributed by atoms with van der Waals surface area (Å²) in [5.41, 5.74) is 2.81. The second-order valence-electron chi connectivity index (χ2n) is 4.60. The number of halogens is 1. The van der Waals surface area contributed by atoms with Crippen LogP contribution >= 0.6 is 0 Å². The average Bonchev–Trinajstić information content (AvgIpc) is 2.44. The highest BCUT2D eigenvalue weighted by Gasteiger charge is 2.12. The molecule has 2 aromatic carbocycles. The number of benzene rings is 2. The summed E-state index contributed by atoms with van der Waals surface area (Å²) >= 11 is 0. The van der Waals surface area contributed by atoms with E-state index in [1.54, 1.807) is 13.0 Å². The molecule has 1 amide bonds. The van der Waals surface area contributed by atoms with Gasteiger partial charge in [0.25, 0.3) is 5.91 Å². The molecule has 0 fully saturated rings. The van der Waals surface area contributed by atoms with E-state index in [1.165, 1.54) is 12.1 Å². The van der Waals surface area contributed by atoms with Crippen molar-refractivity contribution in [3.8, 4) is 0 Å². The van der Waals surface area contributed by atoms with Crippen LogP contribution in [0.2, 0.25) is 0 Å². The van der Waals surface area contributed by atoms with Gasteiger partial charge in [-0.3, -0.25) is 4.79 Å². The number of rotatable bonds is 4. The Labute approximate surface area is 117 Å². The van der Waals surface area contributed by atoms with E-state index >= 15 is 0 Å². The molecule has 0 atom stereocenters. The third-order valence-electron chi connectivity index (χ3n) is 3.08. The van der Waals surface area contributed by atoms with Gasteiger partial charge in [0.05, 0.1) is 0 Å². The van der Waals surface area contributed by atoms with E-state index in [-0.39, 0.29) is 5.91 Å². The highest BCUT2D eigenvalue weighted by molar-refractivity contribution is 6.05. The standard InChI is InChI=1S/C16H17FN2O/c1-11-7-8-13(17)9-14(11)16(20)19-15-6-4-3-5-12(15)10-18-2/h3-9,18H,10H2,1-2H3,(H,19,20). The average molecular weight is 272 g/mol. The number of para-hydroxylation sites is 1. The Bertz CT molecular complexity index is 626. The van der Waals surface area contributed by atoms with Crippen LogP contribution < -0.4 is 10.6 Å². The lowest BCUT2D eigenvalue weighted by atomic mass is 10.1. The number of aryl methyl sites for hydroxylation is 1. The van der Waals surface area contributed by atoms with Gasteiger partial charge in [-0.25, -0.2) is 4.39 Å². The van der Waals surface area contributed by atoms with Crippen molar-refractivity contribution in [2.75, 3.05) is 12.4 Å². The topological polar surface area (TPSA) is 41.1 Å². The van der Waals surface area contributed by atoms with Crippen molar-refractivity contribution in [3.05, 3.63) is 65.0 Å². The van der Waals surface area contributed by atoms with Gasteiger partial charge in [-0.15, -0.1) is 0 Å². The molecule has 0 heterocycles. The molecular formula is C16H17FN2O. The second-order valence-corrected chi connectivity index (χ2v) is 4.60. The zero-order chi connectivity index (χ0) is 14.5. The molecule has 20 heavy (non-hydrogen) atoms. The van der Waals surface area contributed by atoms with Crippen LogP contribution in [-0.4, -0.2) is 13.0 Å². The van der Waals surface area contributed by atoms with Crippen molar-refractivity contribution >= 4 is 11.6 Å². The molecule has 0 spiro atoms. The molecule has 0 aliphatic heterocycles. The summed E-state index contributed by atoms with van der Waals surface area (Å²) in [5.74, 6) is -0.713. The van der Waals surface area contributed by atoms with Crippen molar-refractivity contribution < 1.29 is 9.18 Å². The lowest BCUT2D eigenvalue weighted by molar-refractivity contribution is 0.102. The smallest absolute Gasteiger partial charge is 0.256 e. The summed E-state index contributed by atoms with van der Waals surface area (Å²) in [5, 5.41) is 5.88. The molecule has 4 heteroatoms. The summed E-state index contributed by atoms with van der Waals surface area (Å²) in [6.07, 6.45) is 0. The van der Waals surface area contributed by atoms with Crippen LogP contribution in [-0.2, 0) is 6.54 Å². The predicted molar refractivity (Wildman–Crippen MR) is 78.3 cm³/mol. The predicted octanol–water partition coefficient (Wildman–Crippen LogP) is 3.11. The molecule has 0 unspecified atom stereocenters. The molecule has 0 bridgehead atoms. The van der Waals surface area contributed by atoms with Crippen LogP contribution in [0.4, 0.5) is 10.1 Å². The molecule has 0 saturated carbocycles. The number of carbonyl (C=O) groups excluding carboxylic acids is 1. The highest BCUT2D eigenvalue weighted by atomic mass is 19.1. The van der Waals surface area contributed by atoms with Crippen LogP contribution in [0.15, 0.2) is 42.5 Å². The van der Waals surface area contributed by atoms with E-state index in [0.29, 0.717) is 12.1 Å². The summed E-state index contributed by atoms with van der Waals surface area (Å²) < 4.78 is 13.3. The fourth-order valence-electron chi connectivity index (χ4n) is 2.02. The number of nitrogens with one attached hydrogen (secondary N) is 2. The summed E-state index contributed by atoms with van der Waals surface area (Å²) in [6.45, 7) is 2.44. The molecule has 2 aromatic rings. The van der Waals surface area contributed by atoms with Gasteiger partial charge in [-0.05, 0) is 43.3 Å². The Balaban J connectivity index is 2.26. The highest BCUT2D eigenvalue weighted by Crippen LogP contribution is 2.17. The minimum absolute atomic E-state index is 0.300. The van der Waals surface area contributed by atoms with Crippen molar-refractivity contribution in [2.24, 2.45) is 0 Å². The van der Waals surface area contributed by atoms with Gasteiger partial charge in [-0.1, -0.05) is 24.3 Å². The van der Waals surface area contributed by atoms with Crippen molar-refractivity contribution in [1.82, 2.24) is 5.32 Å². The molecule has 0 aliphatic rings. The summed E-state index contributed by atoms with van der Waals surface area (Å²) in [4.78, 5) is 12.2. The third kappa shape index (κ3) is 3.22. The van der Waals surface area contributed by atoms with E-state index in [2.05, 4.69) is 10.6 Å². The van der Waals surface area contributed by atoms with Crippen LogP contribution in [0.3, 0.4) is 0 Å². The fourth-order valence-corrected chi connectivity index (χ4v) is 2.02. The van der Waals surface area contributed by atoms with Gasteiger partial charge in [0.2, 0.25) is 0 Å². The van der Waals surface area contributed by atoms with Gasteiger partial charge in [0.1, 0.15) is 5.82 Å². The summed E-state index contributed by atoms with van der Waals surface area (Å²) in [7, 11) is 1.84. The lowest BCUT2D eigenvalue weighted by Crippen LogP contribution is -2.16. The molecule has 0 saturated heterocycles. The fraction of sp³-hybridized carbons (Fsp3) is 0.188. The van der Waals surface area contributed by atoms with Gasteiger partial charge >= 0.3 is 0 Å². The van der Waals surface area contributed by atoms with E-state index < -0.39 is 5.82 Å². The van der Waals surface area contributed by atoms with E-state index in [1.807, 2.05) is 31.3 Å². The zero-order valence-electron chi connectivity index (χ0n) is 11.5. The maximum atomic E-state index is 13.3. The number of amides is 1. The number of hydrogen-bond acceptors (Lipinski definition) is 2. The Morgan fingerprint density at radius 3 is 2.70 bits per heavy atom. The Morgan fingerprint density at radius 1 is 1.20 bits per heavy atom. The number of carbonyl (C=O) groups is 1. The largest absolute Gasteiger partial charge is 0.322 e. The SMILES string of the molecule is CNCc1ccccc1NC(=O)c1cc(F)ccc1C. The van der Waals surface area contributed by atoms with Crippen molar-refractivity contribution in [1.29, 1.82) is 0 Å². The minimum Gasteiger partial charge on any atom is -0.322 e. The van der Waals surface area contributed by atoms with Gasteiger partial charge in [0.15, 0.2) is 0 Å². The van der Waals surface area contributed by atoms with Crippen LogP contribution in [0.25, 0.3) is 0 Å². The maximum Gasteiger partial charge on any atom is 0.256 e. The first kappa shape index (κ1) is 14.2. The second kappa shape index (κ2) is 6.30. The third-order valence-corrected chi connectivity index (χ3v) is 3.08. The first-order chi connectivity index (χ1) is 9.61. The molecule has 2 rings (SSSR count). The van der Waals surface area contributed by atoms with E-state index in [4.69, 9.17) is 0 Å². The monoisotopic (exact) mass is 272 g/mol. The maximum absolute atomic E-state index is 13.3. The Hall–Kier alpha value is -2.20. The molecule has 2 N–H and O–H groups in total. The van der Waals surface area contributed by atoms with Crippen LogP contribution in [0.5, 0.6) is 0 Å². The Kier molecular flexibility index (Phi) is 4.48. The van der Waals surface area contributed by atoms with Gasteiger partial charge < -0.3 is 10.6 Å². The van der Waals surface area contributed by atoms with Gasteiger partial charge in [0, 0.05) is 17.8 Å². The van der Waals surface area contributed by atoms with Crippen molar-refractivity contribution in [2.45, 2.75) is 13.5 Å². The van der Waals surface area contributed by atoms with Crippen LogP contribution in [0, 0.1) is 12.7 Å². The lowest BCUT2D eigenvalue weighted by Gasteiger charge is -2.12. The van der Waals surface area contributed by atoms with Crippen molar-refractivity contribution in [3.63, 3.8) is 0 Å². The minimum atomic E-state index is -0.413. The first-order valence-corrected chi connectivity index (χ1v) is 6.42. The van der Waals surface area contributed by atoms with Crippen LogP contribution in [0.1, 0.15) is 21.5 Å². The molecule has 0 aliphatic carbocycles. The molecule has 3 nitrogen and oxygen atoms in total. The number of hydrogen-bond donors (Lipinski definition) is 2. The Morgan fingerprint density at radius 2 is 1.95 bits per heavy atom. The van der Waals surface area contributed by atoms with E-state index in [0.717, 1.165) is 16.8 Å². The molecular weight excluding hydrogens is 255 g/mol. The zero-order valence-corrected chi connectivity index (χ0v) is 11.5. The number of anilines is 1. The summed E-state index contributed by atoms with van der Waals surface area (Å²) in [6, 6.07) is 11.7. The van der Waals surface area contributed by atoms with Gasteiger partial charge in [-0.2, -0.15) is 0 Å².